The molecule has 4 aliphatic rings. The fraction of sp³-hybridized carbons (Fsp3) is 0.737. The Morgan fingerprint density at radius 3 is 2.86 bits per heavy atom. The molecule has 0 saturated heterocycles. The van der Waals surface area contributed by atoms with Gasteiger partial charge in [0.25, 0.3) is 0 Å². The van der Waals surface area contributed by atoms with Crippen molar-refractivity contribution in [1.82, 2.24) is 0 Å². The van der Waals surface area contributed by atoms with Gasteiger partial charge in [-0.3, -0.25) is 4.79 Å². The highest BCUT2D eigenvalue weighted by molar-refractivity contribution is 5.92. The summed E-state index contributed by atoms with van der Waals surface area (Å²) in [5, 5.41) is 10.3. The Bertz CT molecular complexity index is 590. The van der Waals surface area contributed by atoms with Crippen LogP contribution in [0.4, 0.5) is 4.39 Å². The number of carbonyl (C=O) groups excluding carboxylic acids is 1. The molecule has 0 spiro atoms. The first-order valence-corrected chi connectivity index (χ1v) is 8.68. The van der Waals surface area contributed by atoms with Crippen LogP contribution in [0.15, 0.2) is 22.8 Å². The monoisotopic (exact) mass is 304 g/mol. The van der Waals surface area contributed by atoms with Gasteiger partial charge in [-0.05, 0) is 74.0 Å². The third-order valence-corrected chi connectivity index (χ3v) is 7.16. The molecule has 4 rings (SSSR count). The fourth-order valence-electron chi connectivity index (χ4n) is 5.82. The molecule has 0 radical (unpaired) electrons. The Morgan fingerprint density at radius 2 is 2.09 bits per heavy atom. The van der Waals surface area contributed by atoms with Crippen LogP contribution in [-0.4, -0.2) is 23.2 Å². The number of hydrogen-bond donors (Lipinski definition) is 1. The second-order valence-electron chi connectivity index (χ2n) is 8.10. The predicted molar refractivity (Wildman–Crippen MR) is 83.0 cm³/mol. The molecule has 0 aromatic rings. The van der Waals surface area contributed by atoms with Crippen molar-refractivity contribution in [2.45, 2.75) is 64.6 Å². The Balaban J connectivity index is 1.76. The SMILES string of the molecule is CC1=C2CCC3(C)C(O)C(F)CC3C2CC2CCC(=O)C=C12. The van der Waals surface area contributed by atoms with E-state index < -0.39 is 12.3 Å². The van der Waals surface area contributed by atoms with Crippen LogP contribution in [0.1, 0.15) is 52.4 Å². The highest BCUT2D eigenvalue weighted by atomic mass is 19.1. The minimum absolute atomic E-state index is 0.255. The van der Waals surface area contributed by atoms with Crippen molar-refractivity contribution in [3.63, 3.8) is 0 Å². The summed E-state index contributed by atoms with van der Waals surface area (Å²) in [4.78, 5) is 11.8. The Hall–Kier alpha value is -0.960. The van der Waals surface area contributed by atoms with Crippen molar-refractivity contribution in [2.24, 2.45) is 23.2 Å². The van der Waals surface area contributed by atoms with Crippen molar-refractivity contribution < 1.29 is 14.3 Å². The van der Waals surface area contributed by atoms with Gasteiger partial charge in [0.2, 0.25) is 0 Å². The van der Waals surface area contributed by atoms with Crippen LogP contribution in [0.3, 0.4) is 0 Å². The fourth-order valence-corrected chi connectivity index (χ4v) is 5.82. The summed E-state index contributed by atoms with van der Waals surface area (Å²) in [7, 11) is 0. The molecular formula is C19H25FO2. The van der Waals surface area contributed by atoms with E-state index >= 15 is 0 Å². The molecule has 0 amide bonds. The van der Waals surface area contributed by atoms with E-state index in [0.717, 1.165) is 25.7 Å². The molecule has 0 bridgehead atoms. The van der Waals surface area contributed by atoms with E-state index in [9.17, 15) is 14.3 Å². The lowest BCUT2D eigenvalue weighted by molar-refractivity contribution is -0.115. The maximum atomic E-state index is 14.2. The van der Waals surface area contributed by atoms with Gasteiger partial charge in [-0.2, -0.15) is 0 Å². The van der Waals surface area contributed by atoms with Gasteiger partial charge in [-0.25, -0.2) is 4.39 Å². The van der Waals surface area contributed by atoms with E-state index in [1.807, 2.05) is 6.08 Å². The molecule has 0 aromatic carbocycles. The van der Waals surface area contributed by atoms with Crippen molar-refractivity contribution in [3.8, 4) is 0 Å². The number of halogens is 1. The van der Waals surface area contributed by atoms with Crippen LogP contribution >= 0.6 is 0 Å². The third kappa shape index (κ3) is 1.84. The molecule has 1 N–H and O–H groups in total. The molecule has 0 aromatic heterocycles. The van der Waals surface area contributed by atoms with Crippen molar-refractivity contribution in [3.05, 3.63) is 22.8 Å². The second-order valence-corrected chi connectivity index (χ2v) is 8.10. The van der Waals surface area contributed by atoms with Gasteiger partial charge < -0.3 is 5.11 Å². The van der Waals surface area contributed by atoms with Crippen LogP contribution in [0.25, 0.3) is 0 Å². The van der Waals surface area contributed by atoms with E-state index in [-0.39, 0.29) is 17.1 Å². The lowest BCUT2D eigenvalue weighted by Crippen LogP contribution is -2.43. The van der Waals surface area contributed by atoms with E-state index in [2.05, 4.69) is 13.8 Å². The molecule has 0 aliphatic heterocycles. The number of carbonyl (C=O) groups is 1. The zero-order valence-electron chi connectivity index (χ0n) is 13.4. The maximum absolute atomic E-state index is 14.2. The molecule has 22 heavy (non-hydrogen) atoms. The Kier molecular flexibility index (Phi) is 3.17. The predicted octanol–water partition coefficient (Wildman–Crippen LogP) is 3.75. The molecule has 6 atom stereocenters. The average molecular weight is 304 g/mol. The van der Waals surface area contributed by atoms with Crippen LogP contribution in [-0.2, 0) is 4.79 Å². The van der Waals surface area contributed by atoms with Crippen molar-refractivity contribution in [1.29, 1.82) is 0 Å². The summed E-state index contributed by atoms with van der Waals surface area (Å²) in [5.74, 6) is 1.38. The first-order chi connectivity index (χ1) is 10.4. The van der Waals surface area contributed by atoms with Crippen LogP contribution in [0, 0.1) is 23.2 Å². The highest BCUT2D eigenvalue weighted by Gasteiger charge is 2.57. The lowest BCUT2D eigenvalue weighted by Gasteiger charge is -2.49. The van der Waals surface area contributed by atoms with Gasteiger partial charge in [0.15, 0.2) is 5.78 Å². The first-order valence-electron chi connectivity index (χ1n) is 8.68. The normalized spacial score (nSPS) is 47.7. The third-order valence-electron chi connectivity index (χ3n) is 7.16. The standard InChI is InChI=1S/C19H25FO2/c1-10-13-5-6-19(2)16(9-17(20)18(19)22)15(13)7-11-3-4-12(21)8-14(10)11/h8,11,15-18,22H,3-7,9H2,1-2H3. The number of rotatable bonds is 0. The number of allylic oxidation sites excluding steroid dienone is 4. The summed E-state index contributed by atoms with van der Waals surface area (Å²) in [6.07, 6.45) is 4.96. The van der Waals surface area contributed by atoms with Gasteiger partial charge in [-0.15, -0.1) is 0 Å². The largest absolute Gasteiger partial charge is 0.390 e. The highest BCUT2D eigenvalue weighted by Crippen LogP contribution is 2.61. The van der Waals surface area contributed by atoms with Gasteiger partial charge in [0.05, 0.1) is 6.10 Å². The molecule has 6 unspecified atom stereocenters. The van der Waals surface area contributed by atoms with Gasteiger partial charge >= 0.3 is 0 Å². The van der Waals surface area contributed by atoms with Gasteiger partial charge in [0, 0.05) is 11.8 Å². The Morgan fingerprint density at radius 1 is 1.32 bits per heavy atom. The Labute approximate surface area is 131 Å². The molecule has 2 saturated carbocycles. The summed E-state index contributed by atoms with van der Waals surface area (Å²) in [6, 6.07) is 0. The zero-order valence-corrected chi connectivity index (χ0v) is 13.4. The number of alkyl halides is 1. The van der Waals surface area contributed by atoms with Gasteiger partial charge in [-0.1, -0.05) is 12.5 Å². The number of aliphatic hydroxyl groups is 1. The van der Waals surface area contributed by atoms with Gasteiger partial charge in [0.1, 0.15) is 6.17 Å². The number of fused-ring (bicyclic) bond motifs is 4. The summed E-state index contributed by atoms with van der Waals surface area (Å²) < 4.78 is 14.2. The lowest BCUT2D eigenvalue weighted by atomic mass is 9.56. The molecule has 4 aliphatic carbocycles. The van der Waals surface area contributed by atoms with E-state index in [1.165, 1.54) is 16.7 Å². The molecule has 3 heteroatoms. The molecule has 2 nitrogen and oxygen atoms in total. The summed E-state index contributed by atoms with van der Waals surface area (Å²) in [6.45, 7) is 4.24. The van der Waals surface area contributed by atoms with Crippen LogP contribution in [0.5, 0.6) is 0 Å². The first kappa shape index (κ1) is 14.6. The van der Waals surface area contributed by atoms with Crippen LogP contribution < -0.4 is 0 Å². The minimum Gasteiger partial charge on any atom is -0.390 e. The molecule has 0 heterocycles. The molecular weight excluding hydrogens is 279 g/mol. The minimum atomic E-state index is -1.07. The van der Waals surface area contributed by atoms with Crippen LogP contribution in [0.2, 0.25) is 0 Å². The summed E-state index contributed by atoms with van der Waals surface area (Å²) in [5.41, 5.74) is 3.73. The van der Waals surface area contributed by atoms with E-state index in [1.54, 1.807) is 0 Å². The van der Waals surface area contributed by atoms with E-state index in [4.69, 9.17) is 0 Å². The second kappa shape index (κ2) is 4.77. The topological polar surface area (TPSA) is 37.3 Å². The number of ketones is 1. The smallest absolute Gasteiger partial charge is 0.156 e. The molecule has 2 fully saturated rings. The van der Waals surface area contributed by atoms with E-state index in [0.29, 0.717) is 24.7 Å². The number of hydrogen-bond acceptors (Lipinski definition) is 2. The quantitative estimate of drug-likeness (QED) is 0.740. The zero-order chi connectivity index (χ0) is 15.6. The average Bonchev–Trinajstić information content (AvgIpc) is 2.72. The van der Waals surface area contributed by atoms with Crippen molar-refractivity contribution in [2.75, 3.05) is 0 Å². The number of aliphatic hydroxyl groups excluding tert-OH is 1. The molecule has 120 valence electrons. The van der Waals surface area contributed by atoms with Crippen molar-refractivity contribution >= 4 is 5.78 Å². The summed E-state index contributed by atoms with van der Waals surface area (Å²) >= 11 is 0. The maximum Gasteiger partial charge on any atom is 0.156 e.